The maximum Gasteiger partial charge on any atom is 0.411 e. The fraction of sp³-hybridized carbons (Fsp3) is 0.571. The first kappa shape index (κ1) is 17.3. The zero-order valence-corrected chi connectivity index (χ0v) is 13.1. The number of ether oxygens (including phenoxy) is 2. The van der Waals surface area contributed by atoms with Crippen molar-refractivity contribution in [2.24, 2.45) is 0 Å². The molecule has 1 aromatic carbocycles. The fourth-order valence-corrected chi connectivity index (χ4v) is 2.01. The highest BCUT2D eigenvalue weighted by Gasteiger charge is 2.27. The van der Waals surface area contributed by atoms with Crippen LogP contribution in [0.4, 0.5) is 13.2 Å². The van der Waals surface area contributed by atoms with Gasteiger partial charge >= 0.3 is 6.18 Å². The van der Waals surface area contributed by atoms with Crippen molar-refractivity contribution in [3.8, 4) is 5.75 Å². The van der Waals surface area contributed by atoms with Crippen LogP contribution in [0.5, 0.6) is 5.75 Å². The van der Waals surface area contributed by atoms with Crippen LogP contribution >= 0.6 is 15.9 Å². The van der Waals surface area contributed by atoms with E-state index in [0.717, 1.165) is 15.8 Å². The molecule has 0 unspecified atom stereocenters. The maximum atomic E-state index is 11.8. The van der Waals surface area contributed by atoms with Gasteiger partial charge in [0.1, 0.15) is 12.4 Å². The minimum atomic E-state index is -4.27. The summed E-state index contributed by atoms with van der Waals surface area (Å²) < 4.78 is 46.6. The van der Waals surface area contributed by atoms with Crippen molar-refractivity contribution in [3.63, 3.8) is 0 Å². The van der Waals surface area contributed by atoms with E-state index < -0.39 is 12.8 Å². The third-order valence-electron chi connectivity index (χ3n) is 2.55. The molecule has 0 atom stereocenters. The van der Waals surface area contributed by atoms with E-state index in [1.165, 1.54) is 0 Å². The summed E-state index contributed by atoms with van der Waals surface area (Å²) in [5.74, 6) is 1.07. The van der Waals surface area contributed by atoms with Gasteiger partial charge in [-0.1, -0.05) is 29.8 Å². The van der Waals surface area contributed by atoms with Gasteiger partial charge in [-0.25, -0.2) is 0 Å². The lowest BCUT2D eigenvalue weighted by Gasteiger charge is -2.14. The second kappa shape index (κ2) is 7.88. The van der Waals surface area contributed by atoms with Crippen LogP contribution in [0.1, 0.15) is 31.7 Å². The van der Waals surface area contributed by atoms with Crippen LogP contribution in [0.2, 0.25) is 0 Å². The number of alkyl halides is 3. The highest BCUT2D eigenvalue weighted by atomic mass is 79.9. The number of benzene rings is 1. The van der Waals surface area contributed by atoms with Crippen molar-refractivity contribution in [2.45, 2.75) is 32.4 Å². The Hall–Kier alpha value is -0.750. The van der Waals surface area contributed by atoms with Crippen LogP contribution in [-0.4, -0.2) is 26.0 Å². The molecule has 0 fully saturated rings. The molecule has 1 rings (SSSR count). The third-order valence-corrected chi connectivity index (χ3v) is 3.04. The summed E-state index contributed by atoms with van der Waals surface area (Å²) in [4.78, 5) is 0. The molecule has 0 bridgehead atoms. The van der Waals surface area contributed by atoms with E-state index in [-0.39, 0.29) is 6.61 Å². The summed E-state index contributed by atoms with van der Waals surface area (Å²) in [6.45, 7) is 3.27. The summed E-state index contributed by atoms with van der Waals surface area (Å²) in [5.41, 5.74) is 1.07. The van der Waals surface area contributed by atoms with Crippen LogP contribution in [0.3, 0.4) is 0 Å². The Morgan fingerprint density at radius 1 is 1.20 bits per heavy atom. The Morgan fingerprint density at radius 2 is 1.90 bits per heavy atom. The van der Waals surface area contributed by atoms with Gasteiger partial charge in [0, 0.05) is 10.9 Å². The highest BCUT2D eigenvalue weighted by Crippen LogP contribution is 2.29. The lowest BCUT2D eigenvalue weighted by atomic mass is 10.0. The van der Waals surface area contributed by atoms with Crippen molar-refractivity contribution in [1.29, 1.82) is 0 Å². The minimum absolute atomic E-state index is 0.0348. The number of halogens is 4. The lowest BCUT2D eigenvalue weighted by Crippen LogP contribution is -2.18. The van der Waals surface area contributed by atoms with Crippen molar-refractivity contribution in [1.82, 2.24) is 0 Å². The van der Waals surface area contributed by atoms with E-state index in [4.69, 9.17) is 4.74 Å². The first-order valence-electron chi connectivity index (χ1n) is 6.36. The van der Waals surface area contributed by atoms with Crippen molar-refractivity contribution in [2.75, 3.05) is 19.8 Å². The monoisotopic (exact) mass is 354 g/mol. The second-order valence-electron chi connectivity index (χ2n) is 4.71. The first-order valence-corrected chi connectivity index (χ1v) is 7.15. The third kappa shape index (κ3) is 6.61. The topological polar surface area (TPSA) is 18.5 Å². The average molecular weight is 355 g/mol. The Morgan fingerprint density at radius 3 is 2.50 bits per heavy atom. The van der Waals surface area contributed by atoms with Crippen LogP contribution in [0.25, 0.3) is 0 Å². The van der Waals surface area contributed by atoms with E-state index in [1.807, 2.05) is 18.2 Å². The molecule has 20 heavy (non-hydrogen) atoms. The average Bonchev–Trinajstić information content (AvgIpc) is 2.33. The molecule has 2 nitrogen and oxygen atoms in total. The van der Waals surface area contributed by atoms with Gasteiger partial charge in [0.05, 0.1) is 13.2 Å². The predicted molar refractivity (Wildman–Crippen MR) is 75.2 cm³/mol. The zero-order valence-electron chi connectivity index (χ0n) is 11.5. The molecule has 0 radical (unpaired) electrons. The number of hydrogen-bond donors (Lipinski definition) is 0. The zero-order chi connectivity index (χ0) is 15.2. The molecular weight excluding hydrogens is 337 g/mol. The highest BCUT2D eigenvalue weighted by molar-refractivity contribution is 9.10. The van der Waals surface area contributed by atoms with E-state index in [0.29, 0.717) is 18.9 Å². The largest absolute Gasteiger partial charge is 0.493 e. The van der Waals surface area contributed by atoms with E-state index >= 15 is 0 Å². The molecule has 0 saturated heterocycles. The van der Waals surface area contributed by atoms with Gasteiger partial charge in [0.25, 0.3) is 0 Å². The molecule has 0 aromatic heterocycles. The van der Waals surface area contributed by atoms with Crippen LogP contribution in [0, 0.1) is 0 Å². The van der Waals surface area contributed by atoms with Crippen molar-refractivity contribution >= 4 is 15.9 Å². The predicted octanol–water partition coefficient (Wildman–Crippen LogP) is 4.92. The molecule has 0 heterocycles. The van der Waals surface area contributed by atoms with Crippen molar-refractivity contribution in [3.05, 3.63) is 28.2 Å². The maximum absolute atomic E-state index is 11.8. The summed E-state index contributed by atoms with van der Waals surface area (Å²) in [6.07, 6.45) is -3.85. The molecule has 114 valence electrons. The van der Waals surface area contributed by atoms with Crippen LogP contribution in [0.15, 0.2) is 22.7 Å². The van der Waals surface area contributed by atoms with E-state index in [1.54, 1.807) is 0 Å². The van der Waals surface area contributed by atoms with Gasteiger partial charge in [0.15, 0.2) is 0 Å². The molecule has 0 aliphatic heterocycles. The standard InChI is InChI=1S/C14H18BrF3O2/c1-10(2)12-8-11(15)4-5-13(12)20-7-3-6-19-9-14(16,17)18/h4-5,8,10H,3,6-7,9H2,1-2H3. The van der Waals surface area contributed by atoms with E-state index in [2.05, 4.69) is 34.5 Å². The Balaban J connectivity index is 2.35. The van der Waals surface area contributed by atoms with E-state index in [9.17, 15) is 13.2 Å². The molecule has 0 aliphatic carbocycles. The molecule has 0 N–H and O–H groups in total. The van der Waals surface area contributed by atoms with Gasteiger partial charge in [-0.3, -0.25) is 0 Å². The Bertz CT molecular complexity index is 419. The normalized spacial score (nSPS) is 11.9. The van der Waals surface area contributed by atoms with Gasteiger partial charge in [-0.2, -0.15) is 13.2 Å². The first-order chi connectivity index (χ1) is 9.29. The molecule has 6 heteroatoms. The van der Waals surface area contributed by atoms with Crippen molar-refractivity contribution < 1.29 is 22.6 Å². The van der Waals surface area contributed by atoms with Gasteiger partial charge in [-0.15, -0.1) is 0 Å². The quantitative estimate of drug-likeness (QED) is 0.647. The number of rotatable bonds is 7. The SMILES string of the molecule is CC(C)c1cc(Br)ccc1OCCCOCC(F)(F)F. The van der Waals surface area contributed by atoms with Crippen LogP contribution in [-0.2, 0) is 4.74 Å². The molecule has 0 spiro atoms. The fourth-order valence-electron chi connectivity index (χ4n) is 1.63. The molecular formula is C14H18BrF3O2. The van der Waals surface area contributed by atoms with Gasteiger partial charge < -0.3 is 9.47 Å². The van der Waals surface area contributed by atoms with Gasteiger partial charge in [0.2, 0.25) is 0 Å². The molecule has 0 aliphatic rings. The smallest absolute Gasteiger partial charge is 0.411 e. The summed E-state index contributed by atoms with van der Waals surface area (Å²) in [7, 11) is 0. The summed E-state index contributed by atoms with van der Waals surface area (Å²) in [5, 5.41) is 0. The summed E-state index contributed by atoms with van der Waals surface area (Å²) in [6, 6.07) is 5.72. The minimum Gasteiger partial charge on any atom is -0.493 e. The van der Waals surface area contributed by atoms with Gasteiger partial charge in [-0.05, 0) is 29.7 Å². The molecule has 1 aromatic rings. The lowest BCUT2D eigenvalue weighted by molar-refractivity contribution is -0.174. The molecule has 0 saturated carbocycles. The Kier molecular flexibility index (Phi) is 6.82. The molecule has 0 amide bonds. The second-order valence-corrected chi connectivity index (χ2v) is 5.62. The Labute approximate surface area is 125 Å². The summed E-state index contributed by atoms with van der Waals surface area (Å²) >= 11 is 3.40. The van der Waals surface area contributed by atoms with Crippen LogP contribution < -0.4 is 4.74 Å². The number of hydrogen-bond acceptors (Lipinski definition) is 2.